The van der Waals surface area contributed by atoms with E-state index in [0.29, 0.717) is 5.02 Å². The van der Waals surface area contributed by atoms with Gasteiger partial charge in [-0.2, -0.15) is 5.26 Å². The second-order valence-electron chi connectivity index (χ2n) is 2.74. The van der Waals surface area contributed by atoms with Gasteiger partial charge in [-0.05, 0) is 24.3 Å². The van der Waals surface area contributed by atoms with E-state index in [0.717, 1.165) is 0 Å². The number of carbonyl (C=O) groups excluding carboxylic acids is 1. The minimum absolute atomic E-state index is 0.0756. The van der Waals surface area contributed by atoms with Crippen molar-refractivity contribution in [2.75, 3.05) is 0 Å². The highest BCUT2D eigenvalue weighted by Crippen LogP contribution is 2.23. The summed E-state index contributed by atoms with van der Waals surface area (Å²) in [7, 11) is 0. The lowest BCUT2D eigenvalue weighted by molar-refractivity contribution is -0.114. The van der Waals surface area contributed by atoms with Gasteiger partial charge in [0.05, 0.1) is 0 Å². The van der Waals surface area contributed by atoms with E-state index in [2.05, 4.69) is 0 Å². The van der Waals surface area contributed by atoms with Gasteiger partial charge in [-0.1, -0.05) is 11.6 Å². The van der Waals surface area contributed by atoms with E-state index in [1.54, 1.807) is 6.07 Å². The predicted molar refractivity (Wildman–Crippen MR) is 55.9 cm³/mol. The summed E-state index contributed by atoms with van der Waals surface area (Å²) in [4.78, 5) is 10.7. The molecule has 0 saturated heterocycles. The van der Waals surface area contributed by atoms with Crippen molar-refractivity contribution in [3.63, 3.8) is 0 Å². The van der Waals surface area contributed by atoms with Crippen LogP contribution in [0, 0.1) is 11.3 Å². The number of aromatic hydroxyl groups is 1. The fraction of sp³-hybridized carbons (Fsp3) is 0. The highest BCUT2D eigenvalue weighted by Gasteiger charge is 2.06. The molecule has 0 aliphatic heterocycles. The normalized spacial score (nSPS) is 10.8. The molecule has 1 aromatic rings. The monoisotopic (exact) mass is 222 g/mol. The molecule has 3 N–H and O–H groups in total. The van der Waals surface area contributed by atoms with Gasteiger partial charge in [-0.15, -0.1) is 0 Å². The summed E-state index contributed by atoms with van der Waals surface area (Å²) < 4.78 is 0. The van der Waals surface area contributed by atoms with Crippen LogP contribution in [0.1, 0.15) is 5.56 Å². The molecule has 1 rings (SSSR count). The molecule has 0 fully saturated rings. The number of phenols is 1. The molecule has 76 valence electrons. The van der Waals surface area contributed by atoms with Gasteiger partial charge >= 0.3 is 0 Å². The third-order valence-corrected chi connectivity index (χ3v) is 1.91. The van der Waals surface area contributed by atoms with E-state index in [4.69, 9.17) is 22.6 Å². The molecule has 0 spiro atoms. The SMILES string of the molecule is N#CC(=Cc1cc(Cl)ccc1O)C(N)=O. The highest BCUT2D eigenvalue weighted by atomic mass is 35.5. The maximum atomic E-state index is 10.7. The number of hydrogen-bond donors (Lipinski definition) is 2. The van der Waals surface area contributed by atoms with E-state index >= 15 is 0 Å². The number of phenolic OH excluding ortho intramolecular Hbond substituents is 1. The molecule has 0 atom stereocenters. The summed E-state index contributed by atoms with van der Waals surface area (Å²) in [5.74, 6) is -0.926. The predicted octanol–water partition coefficient (Wildman–Crippen LogP) is 1.44. The molecular weight excluding hydrogens is 216 g/mol. The van der Waals surface area contributed by atoms with E-state index < -0.39 is 5.91 Å². The molecule has 0 aromatic heterocycles. The molecule has 0 saturated carbocycles. The van der Waals surface area contributed by atoms with Gasteiger partial charge in [0.25, 0.3) is 5.91 Å². The van der Waals surface area contributed by atoms with E-state index in [9.17, 15) is 9.90 Å². The summed E-state index contributed by atoms with van der Waals surface area (Å²) in [5.41, 5.74) is 4.97. The number of halogens is 1. The van der Waals surface area contributed by atoms with Crippen molar-refractivity contribution in [2.24, 2.45) is 5.73 Å². The summed E-state index contributed by atoms with van der Waals surface area (Å²) in [6.07, 6.45) is 1.18. The number of amides is 1. The first-order valence-electron chi connectivity index (χ1n) is 3.94. The maximum Gasteiger partial charge on any atom is 0.259 e. The van der Waals surface area contributed by atoms with Crippen molar-refractivity contribution in [2.45, 2.75) is 0 Å². The highest BCUT2D eigenvalue weighted by molar-refractivity contribution is 6.30. The average Bonchev–Trinajstić information content (AvgIpc) is 2.18. The van der Waals surface area contributed by atoms with Crippen LogP contribution in [0.25, 0.3) is 6.08 Å². The summed E-state index contributed by atoms with van der Waals surface area (Å²) >= 11 is 5.68. The lowest BCUT2D eigenvalue weighted by Gasteiger charge is -1.99. The van der Waals surface area contributed by atoms with Gasteiger partial charge in [-0.3, -0.25) is 4.79 Å². The molecule has 0 heterocycles. The Morgan fingerprint density at radius 3 is 2.80 bits per heavy atom. The van der Waals surface area contributed by atoms with Gasteiger partial charge in [0.1, 0.15) is 17.4 Å². The zero-order valence-corrected chi connectivity index (χ0v) is 8.32. The number of primary amides is 1. The van der Waals surface area contributed by atoms with Crippen LogP contribution in [-0.2, 0) is 4.79 Å². The van der Waals surface area contributed by atoms with Gasteiger partial charge in [0.2, 0.25) is 0 Å². The minimum Gasteiger partial charge on any atom is -0.507 e. The molecule has 15 heavy (non-hydrogen) atoms. The Hall–Kier alpha value is -1.99. The summed E-state index contributed by atoms with van der Waals surface area (Å²) in [5, 5.41) is 18.4. The molecule has 0 unspecified atom stereocenters. The average molecular weight is 223 g/mol. The fourth-order valence-electron chi connectivity index (χ4n) is 0.955. The number of nitrogens with two attached hydrogens (primary N) is 1. The Morgan fingerprint density at radius 1 is 1.60 bits per heavy atom. The molecule has 0 radical (unpaired) electrons. The first-order valence-corrected chi connectivity index (χ1v) is 4.32. The van der Waals surface area contributed by atoms with Crippen molar-refractivity contribution < 1.29 is 9.90 Å². The Bertz CT molecular complexity index is 475. The van der Waals surface area contributed by atoms with Crippen LogP contribution in [-0.4, -0.2) is 11.0 Å². The lowest BCUT2D eigenvalue weighted by Crippen LogP contribution is -2.12. The van der Waals surface area contributed by atoms with E-state index in [1.165, 1.54) is 24.3 Å². The van der Waals surface area contributed by atoms with Crippen LogP contribution in [0.3, 0.4) is 0 Å². The molecule has 0 bridgehead atoms. The molecule has 1 aromatic carbocycles. The van der Waals surface area contributed by atoms with Gasteiger partial charge in [0, 0.05) is 10.6 Å². The van der Waals surface area contributed by atoms with Crippen molar-refractivity contribution in [1.29, 1.82) is 5.26 Å². The van der Waals surface area contributed by atoms with Crippen molar-refractivity contribution >= 4 is 23.6 Å². The Balaban J connectivity index is 3.23. The first-order chi connectivity index (χ1) is 7.04. The number of carbonyl (C=O) groups is 1. The van der Waals surface area contributed by atoms with Crippen LogP contribution < -0.4 is 5.73 Å². The first kappa shape index (κ1) is 11.1. The molecule has 5 heteroatoms. The molecule has 4 nitrogen and oxygen atoms in total. The van der Waals surface area contributed by atoms with Crippen LogP contribution in [0.4, 0.5) is 0 Å². The van der Waals surface area contributed by atoms with E-state index in [-0.39, 0.29) is 16.9 Å². The number of hydrogen-bond acceptors (Lipinski definition) is 3. The number of benzene rings is 1. The zero-order chi connectivity index (χ0) is 11.4. The van der Waals surface area contributed by atoms with Crippen molar-refractivity contribution in [3.05, 3.63) is 34.4 Å². The largest absolute Gasteiger partial charge is 0.507 e. The number of nitriles is 1. The minimum atomic E-state index is -0.850. The Kier molecular flexibility index (Phi) is 3.32. The molecular formula is C10H7ClN2O2. The second-order valence-corrected chi connectivity index (χ2v) is 3.17. The van der Waals surface area contributed by atoms with Crippen LogP contribution in [0.15, 0.2) is 23.8 Å². The number of rotatable bonds is 2. The second kappa shape index (κ2) is 4.49. The van der Waals surface area contributed by atoms with Gasteiger partial charge in [-0.25, -0.2) is 0 Å². The van der Waals surface area contributed by atoms with Crippen molar-refractivity contribution in [1.82, 2.24) is 0 Å². The topological polar surface area (TPSA) is 87.1 Å². The zero-order valence-electron chi connectivity index (χ0n) is 7.57. The Morgan fingerprint density at radius 2 is 2.27 bits per heavy atom. The summed E-state index contributed by atoms with van der Waals surface area (Å²) in [6, 6.07) is 5.91. The molecule has 0 aliphatic rings. The Labute approximate surface area is 91.2 Å². The molecule has 0 aliphatic carbocycles. The molecule has 1 amide bonds. The third kappa shape index (κ3) is 2.73. The fourth-order valence-corrected chi connectivity index (χ4v) is 1.14. The van der Waals surface area contributed by atoms with Crippen LogP contribution >= 0.6 is 11.6 Å². The van der Waals surface area contributed by atoms with Gasteiger partial charge in [0.15, 0.2) is 0 Å². The number of nitrogens with zero attached hydrogens (tertiary/aromatic N) is 1. The van der Waals surface area contributed by atoms with Crippen molar-refractivity contribution in [3.8, 4) is 11.8 Å². The summed E-state index contributed by atoms with van der Waals surface area (Å²) in [6.45, 7) is 0. The lowest BCUT2D eigenvalue weighted by atomic mass is 10.1. The standard InChI is InChI=1S/C10H7ClN2O2/c11-8-1-2-9(14)6(4-8)3-7(5-12)10(13)15/h1-4,14H,(H2,13,15). The van der Waals surface area contributed by atoms with E-state index in [1.807, 2.05) is 0 Å². The van der Waals surface area contributed by atoms with Gasteiger partial charge < -0.3 is 10.8 Å². The van der Waals surface area contributed by atoms with Crippen LogP contribution in [0.2, 0.25) is 5.02 Å². The third-order valence-electron chi connectivity index (χ3n) is 1.68. The van der Waals surface area contributed by atoms with Crippen LogP contribution in [0.5, 0.6) is 5.75 Å². The maximum absolute atomic E-state index is 10.7. The smallest absolute Gasteiger partial charge is 0.259 e. The quantitative estimate of drug-likeness (QED) is 0.586.